The maximum absolute atomic E-state index is 12.0. The van der Waals surface area contributed by atoms with Crippen molar-refractivity contribution in [1.82, 2.24) is 4.90 Å². The van der Waals surface area contributed by atoms with Crippen LogP contribution in [0, 0.1) is 0 Å². The Morgan fingerprint density at radius 3 is 2.32 bits per heavy atom. The van der Waals surface area contributed by atoms with Crippen LogP contribution in [0.4, 0.5) is 8.78 Å². The molecule has 1 aromatic rings. The third-order valence-corrected chi connectivity index (χ3v) is 2.76. The standard InChI is InChI=1S/C13H16BrF2NO2/c1-13(2,14)11(18)17(3)8-9-4-6-10(7-5-9)19-12(15)16/h4-7,12H,8H2,1-3H3. The van der Waals surface area contributed by atoms with Crippen molar-refractivity contribution in [3.63, 3.8) is 0 Å². The van der Waals surface area contributed by atoms with Crippen molar-refractivity contribution in [2.24, 2.45) is 0 Å². The SMILES string of the molecule is CN(Cc1ccc(OC(F)F)cc1)C(=O)C(C)(C)Br. The number of halogens is 3. The summed E-state index contributed by atoms with van der Waals surface area (Å²) in [4.78, 5) is 13.5. The van der Waals surface area contributed by atoms with Crippen LogP contribution < -0.4 is 4.74 Å². The van der Waals surface area contributed by atoms with Gasteiger partial charge in [-0.15, -0.1) is 0 Å². The van der Waals surface area contributed by atoms with Crippen LogP contribution >= 0.6 is 15.9 Å². The summed E-state index contributed by atoms with van der Waals surface area (Å²) in [5.41, 5.74) is 0.842. The molecule has 3 nitrogen and oxygen atoms in total. The van der Waals surface area contributed by atoms with E-state index in [4.69, 9.17) is 0 Å². The predicted octanol–water partition coefficient (Wildman–Crippen LogP) is 3.42. The molecule has 19 heavy (non-hydrogen) atoms. The number of nitrogens with zero attached hydrogens (tertiary/aromatic N) is 1. The minimum atomic E-state index is -2.83. The van der Waals surface area contributed by atoms with Gasteiger partial charge in [0.05, 0.1) is 4.32 Å². The monoisotopic (exact) mass is 335 g/mol. The lowest BCUT2D eigenvalue weighted by atomic mass is 10.1. The molecule has 106 valence electrons. The maximum Gasteiger partial charge on any atom is 0.387 e. The molecule has 0 spiro atoms. The molecule has 1 amide bonds. The van der Waals surface area contributed by atoms with E-state index in [-0.39, 0.29) is 11.7 Å². The van der Waals surface area contributed by atoms with Gasteiger partial charge < -0.3 is 9.64 Å². The lowest BCUT2D eigenvalue weighted by molar-refractivity contribution is -0.131. The number of carbonyl (C=O) groups is 1. The van der Waals surface area contributed by atoms with Crippen LogP contribution in [0.3, 0.4) is 0 Å². The molecular formula is C13H16BrF2NO2. The summed E-state index contributed by atoms with van der Waals surface area (Å²) < 4.78 is 27.6. The van der Waals surface area contributed by atoms with Gasteiger partial charge in [-0.25, -0.2) is 0 Å². The highest BCUT2D eigenvalue weighted by atomic mass is 79.9. The zero-order chi connectivity index (χ0) is 14.6. The summed E-state index contributed by atoms with van der Waals surface area (Å²) in [6.45, 7) is 1.11. The van der Waals surface area contributed by atoms with Crippen molar-refractivity contribution in [1.29, 1.82) is 0 Å². The minimum absolute atomic E-state index is 0.0552. The van der Waals surface area contributed by atoms with E-state index in [0.29, 0.717) is 6.54 Å². The Bertz CT molecular complexity index is 429. The van der Waals surface area contributed by atoms with Gasteiger partial charge in [-0.3, -0.25) is 4.79 Å². The molecule has 0 radical (unpaired) electrons. The van der Waals surface area contributed by atoms with Crippen LogP contribution in [-0.2, 0) is 11.3 Å². The normalized spacial score (nSPS) is 11.5. The Kier molecular flexibility index (Phi) is 5.29. The highest BCUT2D eigenvalue weighted by Crippen LogP contribution is 2.20. The fourth-order valence-corrected chi connectivity index (χ4v) is 1.88. The van der Waals surface area contributed by atoms with Crippen molar-refractivity contribution in [3.05, 3.63) is 29.8 Å². The van der Waals surface area contributed by atoms with Crippen LogP contribution in [0.1, 0.15) is 19.4 Å². The van der Waals surface area contributed by atoms with Crippen LogP contribution in [0.15, 0.2) is 24.3 Å². The summed E-state index contributed by atoms with van der Waals surface area (Å²) >= 11 is 3.30. The zero-order valence-corrected chi connectivity index (χ0v) is 12.6. The van der Waals surface area contributed by atoms with E-state index in [9.17, 15) is 13.6 Å². The summed E-state index contributed by atoms with van der Waals surface area (Å²) in [6, 6.07) is 6.23. The molecule has 0 aliphatic carbocycles. The van der Waals surface area contributed by atoms with Crippen LogP contribution in [0.2, 0.25) is 0 Å². The largest absolute Gasteiger partial charge is 0.435 e. The summed E-state index contributed by atoms with van der Waals surface area (Å²) in [6.07, 6.45) is 0. The number of benzene rings is 1. The second-order valence-corrected chi connectivity index (χ2v) is 6.64. The van der Waals surface area contributed by atoms with Gasteiger partial charge in [-0.2, -0.15) is 8.78 Å². The second kappa shape index (κ2) is 6.32. The minimum Gasteiger partial charge on any atom is -0.435 e. The quantitative estimate of drug-likeness (QED) is 0.771. The topological polar surface area (TPSA) is 29.5 Å². The molecular weight excluding hydrogens is 320 g/mol. The first-order valence-corrected chi connectivity index (χ1v) is 6.47. The number of rotatable bonds is 5. The van der Waals surface area contributed by atoms with E-state index < -0.39 is 10.9 Å². The van der Waals surface area contributed by atoms with E-state index in [2.05, 4.69) is 20.7 Å². The lowest BCUT2D eigenvalue weighted by Crippen LogP contribution is -2.38. The average molecular weight is 336 g/mol. The van der Waals surface area contributed by atoms with Gasteiger partial charge in [0, 0.05) is 13.6 Å². The molecule has 0 bridgehead atoms. The van der Waals surface area contributed by atoms with Gasteiger partial charge >= 0.3 is 6.61 Å². The molecule has 1 aromatic carbocycles. The zero-order valence-electron chi connectivity index (χ0n) is 11.0. The first-order valence-electron chi connectivity index (χ1n) is 5.68. The van der Waals surface area contributed by atoms with Crippen molar-refractivity contribution in [2.75, 3.05) is 7.05 Å². The fraction of sp³-hybridized carbons (Fsp3) is 0.462. The molecule has 0 aliphatic rings. The van der Waals surface area contributed by atoms with E-state index in [0.717, 1.165) is 5.56 Å². The molecule has 0 atom stereocenters. The molecule has 0 aliphatic heterocycles. The van der Waals surface area contributed by atoms with Crippen molar-refractivity contribution < 1.29 is 18.3 Å². The highest BCUT2D eigenvalue weighted by molar-refractivity contribution is 9.10. The number of carbonyl (C=O) groups excluding carboxylic acids is 1. The second-order valence-electron chi connectivity index (χ2n) is 4.66. The van der Waals surface area contributed by atoms with Crippen molar-refractivity contribution in [3.8, 4) is 5.75 Å². The summed E-state index contributed by atoms with van der Waals surface area (Å²) in [5, 5.41) is 0. The van der Waals surface area contributed by atoms with Gasteiger partial charge in [-0.05, 0) is 31.5 Å². The lowest BCUT2D eigenvalue weighted by Gasteiger charge is -2.24. The Morgan fingerprint density at radius 2 is 1.89 bits per heavy atom. The molecule has 0 heterocycles. The number of alkyl halides is 3. The Balaban J connectivity index is 2.65. The Labute approximate surface area is 119 Å². The van der Waals surface area contributed by atoms with Crippen LogP contribution in [0.5, 0.6) is 5.75 Å². The molecule has 0 saturated carbocycles. The highest BCUT2D eigenvalue weighted by Gasteiger charge is 2.26. The first-order chi connectivity index (χ1) is 8.70. The Morgan fingerprint density at radius 1 is 1.37 bits per heavy atom. The molecule has 0 N–H and O–H groups in total. The fourth-order valence-electron chi connectivity index (χ4n) is 1.58. The van der Waals surface area contributed by atoms with Gasteiger partial charge in [0.15, 0.2) is 0 Å². The number of ether oxygens (including phenoxy) is 1. The molecule has 6 heteroatoms. The maximum atomic E-state index is 12.0. The number of hydrogen-bond acceptors (Lipinski definition) is 2. The third kappa shape index (κ3) is 5.14. The van der Waals surface area contributed by atoms with Gasteiger partial charge in [0.2, 0.25) is 5.91 Å². The molecule has 0 saturated heterocycles. The molecule has 0 aromatic heterocycles. The first kappa shape index (κ1) is 15.9. The van der Waals surface area contributed by atoms with E-state index in [1.165, 1.54) is 12.1 Å². The smallest absolute Gasteiger partial charge is 0.387 e. The summed E-state index contributed by atoms with van der Waals surface area (Å²) in [5.74, 6) is 0.0500. The summed E-state index contributed by atoms with van der Waals surface area (Å²) in [7, 11) is 1.69. The number of amides is 1. The molecule has 0 unspecified atom stereocenters. The van der Waals surface area contributed by atoms with E-state index in [1.54, 1.807) is 37.9 Å². The Hall–Kier alpha value is -1.17. The van der Waals surface area contributed by atoms with E-state index in [1.807, 2.05) is 0 Å². The predicted molar refractivity (Wildman–Crippen MR) is 72.6 cm³/mol. The third-order valence-electron chi connectivity index (χ3n) is 2.42. The van der Waals surface area contributed by atoms with Crippen LogP contribution in [0.25, 0.3) is 0 Å². The van der Waals surface area contributed by atoms with Crippen molar-refractivity contribution in [2.45, 2.75) is 31.3 Å². The molecule has 0 fully saturated rings. The average Bonchev–Trinajstić information content (AvgIpc) is 2.28. The van der Waals surface area contributed by atoms with Gasteiger partial charge in [0.1, 0.15) is 5.75 Å². The van der Waals surface area contributed by atoms with Crippen LogP contribution in [-0.4, -0.2) is 28.8 Å². The molecule has 1 rings (SSSR count). The van der Waals surface area contributed by atoms with Crippen molar-refractivity contribution >= 4 is 21.8 Å². The van der Waals surface area contributed by atoms with E-state index >= 15 is 0 Å². The number of hydrogen-bond donors (Lipinski definition) is 0. The van der Waals surface area contributed by atoms with Gasteiger partial charge in [0.25, 0.3) is 0 Å². The van der Waals surface area contributed by atoms with Gasteiger partial charge in [-0.1, -0.05) is 28.1 Å².